The molecule has 2 nitrogen and oxygen atoms in total. The molecule has 0 radical (unpaired) electrons. The van der Waals surface area contributed by atoms with Gasteiger partial charge in [0, 0.05) is 13.1 Å². The Morgan fingerprint density at radius 2 is 2.00 bits per heavy atom. The van der Waals surface area contributed by atoms with E-state index >= 15 is 0 Å². The Balaban J connectivity index is 2.76. The summed E-state index contributed by atoms with van der Waals surface area (Å²) in [6.07, 6.45) is 9.19. The third-order valence-electron chi connectivity index (χ3n) is 2.34. The zero-order valence-corrected chi connectivity index (χ0v) is 7.55. The van der Waals surface area contributed by atoms with Crippen LogP contribution >= 0.6 is 0 Å². The highest BCUT2D eigenvalue weighted by molar-refractivity contribution is 5.28. The van der Waals surface area contributed by atoms with E-state index in [-0.39, 0.29) is 0 Å². The molecule has 0 heterocycles. The lowest BCUT2D eigenvalue weighted by Crippen LogP contribution is -2.12. The first-order valence-corrected chi connectivity index (χ1v) is 4.66. The Kier molecular flexibility index (Phi) is 4.05. The molecule has 68 valence electrons. The highest BCUT2D eigenvalue weighted by Gasteiger charge is 2.03. The number of nitrogens with two attached hydrogens (primary N) is 2. The van der Waals surface area contributed by atoms with Crippen molar-refractivity contribution < 1.29 is 0 Å². The largest absolute Gasteiger partial charge is 0.327 e. The van der Waals surface area contributed by atoms with Crippen molar-refractivity contribution in [1.29, 1.82) is 0 Å². The summed E-state index contributed by atoms with van der Waals surface area (Å²) in [5, 5.41) is 0. The highest BCUT2D eigenvalue weighted by atomic mass is 14.6. The second-order valence-corrected chi connectivity index (χ2v) is 3.19. The highest BCUT2D eigenvalue weighted by Crippen LogP contribution is 2.16. The van der Waals surface area contributed by atoms with Crippen molar-refractivity contribution in [3.8, 4) is 0 Å². The monoisotopic (exact) mass is 166 g/mol. The maximum absolute atomic E-state index is 5.64. The molecule has 0 atom stereocenters. The smallest absolute Gasteiger partial charge is 0.0178 e. The summed E-state index contributed by atoms with van der Waals surface area (Å²) in [6, 6.07) is 0. The van der Waals surface area contributed by atoms with Gasteiger partial charge in [0.15, 0.2) is 0 Å². The Morgan fingerprint density at radius 3 is 2.67 bits per heavy atom. The van der Waals surface area contributed by atoms with Crippen LogP contribution in [-0.2, 0) is 0 Å². The van der Waals surface area contributed by atoms with E-state index in [0.717, 1.165) is 6.42 Å². The zero-order chi connectivity index (χ0) is 8.81. The van der Waals surface area contributed by atoms with Crippen LogP contribution in [0.4, 0.5) is 0 Å². The van der Waals surface area contributed by atoms with E-state index in [1.165, 1.54) is 30.4 Å². The molecule has 0 saturated heterocycles. The van der Waals surface area contributed by atoms with Gasteiger partial charge in [-0.3, -0.25) is 0 Å². The summed E-state index contributed by atoms with van der Waals surface area (Å²) in [5.41, 5.74) is 13.9. The molecule has 0 spiro atoms. The molecule has 0 aromatic rings. The van der Waals surface area contributed by atoms with Crippen LogP contribution < -0.4 is 11.5 Å². The molecule has 1 aliphatic carbocycles. The van der Waals surface area contributed by atoms with Crippen LogP contribution in [0.5, 0.6) is 0 Å². The molecule has 0 fully saturated rings. The first-order chi connectivity index (χ1) is 5.88. The average molecular weight is 166 g/mol. The second-order valence-electron chi connectivity index (χ2n) is 3.19. The predicted octanol–water partition coefficient (Wildman–Crippen LogP) is 1.33. The minimum absolute atomic E-state index is 0.628. The van der Waals surface area contributed by atoms with Gasteiger partial charge in [-0.05, 0) is 31.3 Å². The summed E-state index contributed by atoms with van der Waals surface area (Å²) in [6.45, 7) is 1.29. The minimum Gasteiger partial charge on any atom is -0.327 e. The maximum atomic E-state index is 5.64. The van der Waals surface area contributed by atoms with E-state index in [9.17, 15) is 0 Å². The molecule has 1 aliphatic rings. The SMILES string of the molecule is NCC1=C(\CN)CCCC/C=C\1. The number of hydrogen-bond donors (Lipinski definition) is 2. The van der Waals surface area contributed by atoms with Gasteiger partial charge in [0.1, 0.15) is 0 Å². The molecule has 0 unspecified atom stereocenters. The van der Waals surface area contributed by atoms with Crippen molar-refractivity contribution in [2.45, 2.75) is 25.7 Å². The summed E-state index contributed by atoms with van der Waals surface area (Å²) in [5.74, 6) is 0. The summed E-state index contributed by atoms with van der Waals surface area (Å²) >= 11 is 0. The number of rotatable bonds is 2. The molecule has 1 rings (SSSR count). The van der Waals surface area contributed by atoms with Gasteiger partial charge in [-0.25, -0.2) is 0 Å². The minimum atomic E-state index is 0.628. The molecular weight excluding hydrogens is 148 g/mol. The van der Waals surface area contributed by atoms with Crippen molar-refractivity contribution in [1.82, 2.24) is 0 Å². The van der Waals surface area contributed by atoms with Crippen LogP contribution in [0.1, 0.15) is 25.7 Å². The first kappa shape index (κ1) is 9.49. The molecule has 0 aliphatic heterocycles. The molecule has 2 heteroatoms. The molecule has 0 bridgehead atoms. The fraction of sp³-hybridized carbons (Fsp3) is 0.600. The van der Waals surface area contributed by atoms with Crippen LogP contribution in [0.3, 0.4) is 0 Å². The summed E-state index contributed by atoms with van der Waals surface area (Å²) < 4.78 is 0. The van der Waals surface area contributed by atoms with Crippen molar-refractivity contribution in [2.24, 2.45) is 11.5 Å². The predicted molar refractivity (Wildman–Crippen MR) is 52.7 cm³/mol. The number of allylic oxidation sites excluding steroid dienone is 1. The van der Waals surface area contributed by atoms with Gasteiger partial charge in [0.05, 0.1) is 0 Å². The zero-order valence-electron chi connectivity index (χ0n) is 7.55. The molecule has 0 aromatic heterocycles. The third-order valence-corrected chi connectivity index (χ3v) is 2.34. The Labute approximate surface area is 74.3 Å². The van der Waals surface area contributed by atoms with E-state index in [1.807, 2.05) is 0 Å². The third kappa shape index (κ3) is 2.47. The van der Waals surface area contributed by atoms with E-state index in [2.05, 4.69) is 12.2 Å². The van der Waals surface area contributed by atoms with Crippen LogP contribution in [-0.4, -0.2) is 13.1 Å². The summed E-state index contributed by atoms with van der Waals surface area (Å²) in [7, 11) is 0. The van der Waals surface area contributed by atoms with Crippen LogP contribution in [0.25, 0.3) is 0 Å². The molecule has 4 N–H and O–H groups in total. The molecule has 0 amide bonds. The van der Waals surface area contributed by atoms with Gasteiger partial charge in [-0.1, -0.05) is 17.7 Å². The molecular formula is C10H18N2. The standard InChI is InChI=1S/C10H18N2/c11-7-9-5-3-1-2-4-6-10(9)8-12/h3,5H,1-2,4,6-8,11-12H2/b5-3-,10-9-. The first-order valence-electron chi connectivity index (χ1n) is 4.66. The second kappa shape index (κ2) is 5.12. The Bertz CT molecular complexity index is 192. The van der Waals surface area contributed by atoms with Crippen molar-refractivity contribution in [3.63, 3.8) is 0 Å². The van der Waals surface area contributed by atoms with E-state index < -0.39 is 0 Å². The average Bonchev–Trinajstić information content (AvgIpc) is 2.05. The van der Waals surface area contributed by atoms with Crippen molar-refractivity contribution in [3.05, 3.63) is 23.3 Å². The van der Waals surface area contributed by atoms with Gasteiger partial charge in [0.2, 0.25) is 0 Å². The molecule has 0 aromatic carbocycles. The Morgan fingerprint density at radius 1 is 1.17 bits per heavy atom. The quantitative estimate of drug-likeness (QED) is 0.650. The Hall–Kier alpha value is -0.600. The maximum Gasteiger partial charge on any atom is 0.0178 e. The summed E-state index contributed by atoms with van der Waals surface area (Å²) in [4.78, 5) is 0. The topological polar surface area (TPSA) is 52.0 Å². The van der Waals surface area contributed by atoms with Crippen LogP contribution in [0, 0.1) is 0 Å². The van der Waals surface area contributed by atoms with Gasteiger partial charge >= 0.3 is 0 Å². The lowest BCUT2D eigenvalue weighted by molar-refractivity contribution is 0.721. The van der Waals surface area contributed by atoms with E-state index in [1.54, 1.807) is 0 Å². The van der Waals surface area contributed by atoms with Crippen LogP contribution in [0.2, 0.25) is 0 Å². The fourth-order valence-electron chi connectivity index (χ4n) is 1.55. The van der Waals surface area contributed by atoms with Crippen molar-refractivity contribution >= 4 is 0 Å². The lowest BCUT2D eigenvalue weighted by Gasteiger charge is -2.11. The van der Waals surface area contributed by atoms with E-state index in [0.29, 0.717) is 13.1 Å². The molecule has 0 saturated carbocycles. The molecule has 12 heavy (non-hydrogen) atoms. The van der Waals surface area contributed by atoms with Crippen molar-refractivity contribution in [2.75, 3.05) is 13.1 Å². The lowest BCUT2D eigenvalue weighted by atomic mass is 9.98. The normalized spacial score (nSPS) is 27.8. The van der Waals surface area contributed by atoms with Gasteiger partial charge < -0.3 is 11.5 Å². The van der Waals surface area contributed by atoms with E-state index in [4.69, 9.17) is 11.5 Å². The van der Waals surface area contributed by atoms with Gasteiger partial charge in [-0.2, -0.15) is 0 Å². The van der Waals surface area contributed by atoms with Crippen LogP contribution in [0.15, 0.2) is 23.3 Å². The van der Waals surface area contributed by atoms with Gasteiger partial charge in [0.25, 0.3) is 0 Å². The number of hydrogen-bond acceptors (Lipinski definition) is 2. The fourth-order valence-corrected chi connectivity index (χ4v) is 1.55. The van der Waals surface area contributed by atoms with Gasteiger partial charge in [-0.15, -0.1) is 0 Å².